The molecule has 0 aromatic heterocycles. The van der Waals surface area contributed by atoms with Gasteiger partial charge in [-0.15, -0.1) is 0 Å². The number of hydrogen-bond acceptors (Lipinski definition) is 0. The minimum atomic E-state index is -2.16. The Morgan fingerprint density at radius 2 is 0.337 bits per heavy atom. The molecule has 0 aliphatic rings. The van der Waals surface area contributed by atoms with Crippen molar-refractivity contribution in [2.24, 2.45) is 0 Å². The highest BCUT2D eigenvalue weighted by Gasteiger charge is 2.43. The van der Waals surface area contributed by atoms with Gasteiger partial charge in [0.1, 0.15) is 0 Å². The fraction of sp³-hybridized carbons (Fsp3) is 0.217. The number of rotatable bonds is 32. The summed E-state index contributed by atoms with van der Waals surface area (Å²) in [5.74, 6) is 5.20. The molecule has 12 rings (SSSR count). The monoisotopic (exact) mass is 1470 g/mol. The first-order valence-corrected chi connectivity index (χ1v) is 59.5. The maximum Gasteiger partial charge on any atom is 0.0524 e. The Morgan fingerprint density at radius 1 is 0.178 bits per heavy atom. The van der Waals surface area contributed by atoms with Gasteiger partial charge in [-0.1, -0.05) is 440 Å². The van der Waals surface area contributed by atoms with Gasteiger partial charge in [0.15, 0.2) is 0 Å². The largest absolute Gasteiger partial charge is 0.0691 e. The lowest BCUT2D eigenvalue weighted by Crippen LogP contribution is -2.46. The van der Waals surface area contributed by atoms with E-state index in [1.807, 2.05) is 0 Å². The van der Waals surface area contributed by atoms with E-state index in [0.717, 1.165) is 0 Å². The molecular weight excluding hydrogens is 1370 g/mol. The molecule has 9 heteroatoms. The van der Waals surface area contributed by atoms with E-state index in [0.29, 0.717) is 0 Å². The highest BCUT2D eigenvalue weighted by molar-refractivity contribution is 7.76. The molecule has 0 heterocycles. The summed E-state index contributed by atoms with van der Waals surface area (Å²) in [6.45, 7) is 22.6. The standard InChI is InChI=1S/C92H104P4Si5/c1-97(2,73-93(81-49-25-13-26-50-81)89-61-37-33-57-85(89)77-41-17-9-18-42-77)65-69-101(70-66-98(3,4)74-94(82-51-27-14-28-52-82)90-62-38-34-58-86(90)78-43-19-10-20-44-78,71-67-99(5,6)75-95(83-53-29-15-30-54-83)91-63-39-35-59-87(91)79-45-21-11-22-46-79)72-68-100(7,8)76-96(84-55-31-16-32-56-84)92-64-40-36-60-88(92)80-47-23-12-24-48-80/h9-64H,65-76H2,1-8H3/t93-,94-,95-,96-/m0/s1. The van der Waals surface area contributed by atoms with Gasteiger partial charge in [0, 0.05) is 0 Å². The third-order valence-corrected chi connectivity index (χ3v) is 61.0. The number of hydrogen-bond donors (Lipinski definition) is 0. The molecule has 0 aliphatic heterocycles. The summed E-state index contributed by atoms with van der Waals surface area (Å²) >= 11 is 0. The average molecular weight is 1470 g/mol. The minimum absolute atomic E-state index is 0.628. The van der Waals surface area contributed by atoms with E-state index in [9.17, 15) is 0 Å². The van der Waals surface area contributed by atoms with Crippen LogP contribution in [-0.2, 0) is 0 Å². The predicted molar refractivity (Wildman–Crippen MR) is 472 cm³/mol. The third kappa shape index (κ3) is 20.0. The molecule has 101 heavy (non-hydrogen) atoms. The van der Waals surface area contributed by atoms with Gasteiger partial charge in [0.2, 0.25) is 0 Å². The molecule has 0 unspecified atom stereocenters. The van der Waals surface area contributed by atoms with Crippen LogP contribution in [0.2, 0.25) is 101 Å². The first kappa shape index (κ1) is 74.2. The van der Waals surface area contributed by atoms with Crippen molar-refractivity contribution in [3.8, 4) is 44.5 Å². The van der Waals surface area contributed by atoms with Crippen molar-refractivity contribution in [3.05, 3.63) is 340 Å². The van der Waals surface area contributed by atoms with Crippen LogP contribution in [0, 0.1) is 0 Å². The summed E-state index contributed by atoms with van der Waals surface area (Å²) in [7, 11) is -12.4. The zero-order valence-corrected chi connectivity index (χ0v) is 69.7. The Hall–Kier alpha value is -6.56. The second kappa shape index (κ2) is 34.8. The minimum Gasteiger partial charge on any atom is -0.0691 e. The lowest BCUT2D eigenvalue weighted by molar-refractivity contribution is 1.06. The topological polar surface area (TPSA) is 0 Å². The van der Waals surface area contributed by atoms with Gasteiger partial charge < -0.3 is 0 Å². The third-order valence-electron chi connectivity index (χ3n) is 21.1. The second-order valence-corrected chi connectivity index (χ2v) is 68.2. The molecule has 0 spiro atoms. The molecular formula is C92H104P4Si5. The molecule has 0 radical (unpaired) electrons. The van der Waals surface area contributed by atoms with Gasteiger partial charge in [-0.05, 0) is 142 Å². The number of benzene rings is 12. The molecule has 0 saturated carbocycles. The summed E-state index contributed by atoms with van der Waals surface area (Å²) in [5.41, 5.74) is 11.0. The smallest absolute Gasteiger partial charge is 0.0524 e. The van der Waals surface area contributed by atoms with E-state index in [2.05, 4.69) is 392 Å². The summed E-state index contributed by atoms with van der Waals surface area (Å²) in [5, 5.41) is 12.3. The molecule has 0 N–H and O–H groups in total. The maximum absolute atomic E-state index is 2.83. The van der Waals surface area contributed by atoms with Gasteiger partial charge in [0.05, 0.1) is 40.4 Å². The SMILES string of the molecule is C[Si](C)(CC[Si](CC[Si](C)(C)C[P@@](c1ccccc1)c1ccccc1-c1ccccc1)(CC[Si](C)(C)C[P@@](c1ccccc1)c1ccccc1-c1ccccc1)CC[Si](C)(C)C[P@@](c1ccccc1)c1ccccc1-c1ccccc1)C[P@@](c1ccccc1)c1ccccc1-c1ccccc1. The Kier molecular flexibility index (Phi) is 25.6. The first-order chi connectivity index (χ1) is 49.0. The van der Waals surface area contributed by atoms with Gasteiger partial charge in [-0.3, -0.25) is 0 Å². The molecule has 0 aliphatic carbocycles. The van der Waals surface area contributed by atoms with Crippen LogP contribution in [0.3, 0.4) is 0 Å². The van der Waals surface area contributed by atoms with E-state index >= 15 is 0 Å². The normalized spacial score (nSPS) is 13.5. The lowest BCUT2D eigenvalue weighted by Gasteiger charge is -2.42. The summed E-state index contributed by atoms with van der Waals surface area (Å²) in [4.78, 5) is 0. The maximum atomic E-state index is 2.83. The van der Waals surface area contributed by atoms with Crippen LogP contribution in [-0.4, -0.2) is 63.5 Å². The van der Waals surface area contributed by atoms with Crippen LogP contribution in [0.15, 0.2) is 340 Å². The van der Waals surface area contributed by atoms with Crippen molar-refractivity contribution in [1.29, 1.82) is 0 Å². The van der Waals surface area contributed by atoms with E-state index in [1.54, 1.807) is 21.2 Å². The molecule has 0 saturated heterocycles. The predicted octanol–water partition coefficient (Wildman–Crippen LogP) is 23.6. The molecule has 4 atom stereocenters. The van der Waals surface area contributed by atoms with Crippen LogP contribution in [0.5, 0.6) is 0 Å². The van der Waals surface area contributed by atoms with Gasteiger partial charge in [0.25, 0.3) is 0 Å². The van der Waals surface area contributed by atoms with Crippen molar-refractivity contribution in [2.75, 3.05) is 23.1 Å². The fourth-order valence-corrected chi connectivity index (χ4v) is 64.1. The fourth-order valence-electron chi connectivity index (χ4n) is 15.2. The Morgan fingerprint density at radius 3 is 0.525 bits per heavy atom. The molecule has 512 valence electrons. The lowest BCUT2D eigenvalue weighted by atomic mass is 10.1. The van der Waals surface area contributed by atoms with Crippen molar-refractivity contribution in [1.82, 2.24) is 0 Å². The van der Waals surface area contributed by atoms with E-state index in [4.69, 9.17) is 0 Å². The molecule has 0 amide bonds. The molecule has 12 aromatic carbocycles. The van der Waals surface area contributed by atoms with E-state index in [1.165, 1.54) is 137 Å². The van der Waals surface area contributed by atoms with Crippen molar-refractivity contribution in [3.63, 3.8) is 0 Å². The summed E-state index contributed by atoms with van der Waals surface area (Å²) < 4.78 is 0. The van der Waals surface area contributed by atoms with E-state index < -0.39 is 72.1 Å². The summed E-state index contributed by atoms with van der Waals surface area (Å²) in [6.07, 6.45) is 0. The highest BCUT2D eigenvalue weighted by atomic mass is 31.1. The van der Waals surface area contributed by atoms with Gasteiger partial charge in [-0.25, -0.2) is 0 Å². The Balaban J connectivity index is 0.957. The highest BCUT2D eigenvalue weighted by Crippen LogP contribution is 2.50. The van der Waals surface area contributed by atoms with Gasteiger partial charge in [-0.2, -0.15) is 0 Å². The summed E-state index contributed by atoms with van der Waals surface area (Å²) in [6, 6.07) is 142. The average Bonchev–Trinajstić information content (AvgIpc) is 0.866. The Bertz CT molecular complexity index is 3920. The quantitative estimate of drug-likeness (QED) is 0.0291. The molecule has 0 fully saturated rings. The van der Waals surface area contributed by atoms with Crippen LogP contribution in [0.1, 0.15) is 0 Å². The second-order valence-electron chi connectivity index (χ2n) is 31.4. The first-order valence-electron chi connectivity index (χ1n) is 36.9. The molecule has 12 aromatic rings. The van der Waals surface area contributed by atoms with Crippen molar-refractivity contribution in [2.45, 2.75) is 101 Å². The molecule has 0 nitrogen and oxygen atoms in total. The van der Waals surface area contributed by atoms with Gasteiger partial charge >= 0.3 is 0 Å². The van der Waals surface area contributed by atoms with Crippen LogP contribution in [0.4, 0.5) is 0 Å². The zero-order valence-electron chi connectivity index (χ0n) is 61.1. The van der Waals surface area contributed by atoms with Crippen molar-refractivity contribution < 1.29 is 0 Å². The van der Waals surface area contributed by atoms with Crippen LogP contribution in [0.25, 0.3) is 44.5 Å². The Labute approximate surface area is 617 Å². The van der Waals surface area contributed by atoms with Crippen molar-refractivity contribution >= 4 is 114 Å². The van der Waals surface area contributed by atoms with Crippen LogP contribution < -0.4 is 42.4 Å². The molecule has 0 bridgehead atoms. The zero-order chi connectivity index (χ0) is 70.1. The van der Waals surface area contributed by atoms with E-state index in [-0.39, 0.29) is 0 Å². The van der Waals surface area contributed by atoms with Crippen LogP contribution >= 0.6 is 31.7 Å².